The van der Waals surface area contributed by atoms with Gasteiger partial charge in [0.15, 0.2) is 0 Å². The Hall–Kier alpha value is -1.38. The number of anilines is 2. The molecule has 0 aromatic heterocycles. The van der Waals surface area contributed by atoms with Crippen molar-refractivity contribution >= 4 is 11.4 Å². The summed E-state index contributed by atoms with van der Waals surface area (Å²) in [5.74, 6) is 2.54. The molecule has 1 heterocycles. The van der Waals surface area contributed by atoms with E-state index in [-0.39, 0.29) is 0 Å². The molecule has 1 atom stereocenters. The van der Waals surface area contributed by atoms with E-state index in [0.717, 1.165) is 49.4 Å². The first-order valence-corrected chi connectivity index (χ1v) is 8.38. The molecule has 1 aromatic carbocycles. The Kier molecular flexibility index (Phi) is 5.77. The van der Waals surface area contributed by atoms with E-state index in [4.69, 9.17) is 10.5 Å². The van der Waals surface area contributed by atoms with Crippen LogP contribution in [0.3, 0.4) is 0 Å². The number of rotatable bonds is 5. The van der Waals surface area contributed by atoms with Gasteiger partial charge in [-0.25, -0.2) is 0 Å². The first-order valence-electron chi connectivity index (χ1n) is 8.38. The molecule has 118 valence electrons. The summed E-state index contributed by atoms with van der Waals surface area (Å²) in [5.41, 5.74) is 8.05. The van der Waals surface area contributed by atoms with Crippen molar-refractivity contribution in [3.63, 3.8) is 0 Å². The molecule has 1 fully saturated rings. The summed E-state index contributed by atoms with van der Waals surface area (Å²) in [4.78, 5) is 2.47. The molecule has 0 radical (unpaired) electrons. The van der Waals surface area contributed by atoms with Crippen LogP contribution in [-0.2, 0) is 0 Å². The Morgan fingerprint density at radius 2 is 2.05 bits per heavy atom. The number of nitrogens with zero attached hydrogens (tertiary/aromatic N) is 1. The Labute approximate surface area is 129 Å². The van der Waals surface area contributed by atoms with E-state index in [1.54, 1.807) is 0 Å². The highest BCUT2D eigenvalue weighted by atomic mass is 16.5. The van der Waals surface area contributed by atoms with Crippen LogP contribution in [0.2, 0.25) is 0 Å². The van der Waals surface area contributed by atoms with Gasteiger partial charge in [0.05, 0.1) is 6.61 Å². The van der Waals surface area contributed by atoms with E-state index in [1.807, 2.05) is 6.07 Å². The predicted molar refractivity (Wildman–Crippen MR) is 91.0 cm³/mol. The van der Waals surface area contributed by atoms with E-state index in [2.05, 4.69) is 37.8 Å². The van der Waals surface area contributed by atoms with Gasteiger partial charge in [-0.2, -0.15) is 0 Å². The molecule has 3 nitrogen and oxygen atoms in total. The van der Waals surface area contributed by atoms with Gasteiger partial charge in [-0.05, 0) is 43.6 Å². The highest BCUT2D eigenvalue weighted by Crippen LogP contribution is 2.30. The fourth-order valence-corrected chi connectivity index (χ4v) is 3.14. The summed E-state index contributed by atoms with van der Waals surface area (Å²) in [6.45, 7) is 9.81. The minimum atomic E-state index is 0.748. The summed E-state index contributed by atoms with van der Waals surface area (Å²) in [6, 6.07) is 6.14. The van der Waals surface area contributed by atoms with E-state index >= 15 is 0 Å². The second-order valence-electron chi connectivity index (χ2n) is 6.53. The Morgan fingerprint density at radius 1 is 1.24 bits per heavy atom. The molecular formula is C18H30N2O. The second kappa shape index (κ2) is 7.58. The summed E-state index contributed by atoms with van der Waals surface area (Å²) in [6.07, 6.45) is 4.90. The molecule has 3 heteroatoms. The third-order valence-corrected chi connectivity index (χ3v) is 4.47. The molecule has 0 aliphatic carbocycles. The quantitative estimate of drug-likeness (QED) is 0.821. The SMILES string of the molecule is CCCOc1cc(N)cc(N2CCCC(C(C)C)CC2)c1. The van der Waals surface area contributed by atoms with E-state index in [1.165, 1.54) is 24.9 Å². The van der Waals surface area contributed by atoms with Crippen LogP contribution >= 0.6 is 0 Å². The zero-order valence-electron chi connectivity index (χ0n) is 13.8. The smallest absolute Gasteiger partial charge is 0.123 e. The van der Waals surface area contributed by atoms with E-state index in [0.29, 0.717) is 0 Å². The fraction of sp³-hybridized carbons (Fsp3) is 0.667. The van der Waals surface area contributed by atoms with Crippen LogP contribution in [0.5, 0.6) is 5.75 Å². The van der Waals surface area contributed by atoms with Crippen LogP contribution in [-0.4, -0.2) is 19.7 Å². The molecule has 1 aliphatic heterocycles. The second-order valence-corrected chi connectivity index (χ2v) is 6.53. The normalized spacial score (nSPS) is 19.6. The van der Waals surface area contributed by atoms with Crippen molar-refractivity contribution in [2.24, 2.45) is 11.8 Å². The molecule has 1 aliphatic rings. The van der Waals surface area contributed by atoms with Crippen molar-refractivity contribution in [3.05, 3.63) is 18.2 Å². The zero-order valence-corrected chi connectivity index (χ0v) is 13.8. The third-order valence-electron chi connectivity index (χ3n) is 4.47. The van der Waals surface area contributed by atoms with Crippen LogP contribution in [0.4, 0.5) is 11.4 Å². The van der Waals surface area contributed by atoms with E-state index < -0.39 is 0 Å². The Morgan fingerprint density at radius 3 is 2.76 bits per heavy atom. The van der Waals surface area contributed by atoms with Crippen LogP contribution in [0.15, 0.2) is 18.2 Å². The van der Waals surface area contributed by atoms with Gasteiger partial charge in [0, 0.05) is 36.6 Å². The summed E-state index contributed by atoms with van der Waals surface area (Å²) in [7, 11) is 0. The first-order chi connectivity index (χ1) is 10.1. The van der Waals surface area contributed by atoms with Crippen LogP contribution in [0, 0.1) is 11.8 Å². The highest BCUT2D eigenvalue weighted by molar-refractivity contribution is 5.60. The van der Waals surface area contributed by atoms with Gasteiger partial charge < -0.3 is 15.4 Å². The lowest BCUT2D eigenvalue weighted by Gasteiger charge is -2.24. The van der Waals surface area contributed by atoms with Gasteiger partial charge in [0.2, 0.25) is 0 Å². The number of benzene rings is 1. The zero-order chi connectivity index (χ0) is 15.2. The number of hydrogen-bond donors (Lipinski definition) is 1. The number of nitrogen functional groups attached to an aromatic ring is 1. The summed E-state index contributed by atoms with van der Waals surface area (Å²) < 4.78 is 5.75. The van der Waals surface area contributed by atoms with Crippen molar-refractivity contribution < 1.29 is 4.74 Å². The maximum absolute atomic E-state index is 6.05. The van der Waals surface area contributed by atoms with Gasteiger partial charge in [-0.15, -0.1) is 0 Å². The molecule has 21 heavy (non-hydrogen) atoms. The number of ether oxygens (including phenoxy) is 1. The molecular weight excluding hydrogens is 260 g/mol. The third kappa shape index (κ3) is 4.55. The van der Waals surface area contributed by atoms with Crippen molar-refractivity contribution in [2.45, 2.75) is 46.5 Å². The van der Waals surface area contributed by atoms with Gasteiger partial charge >= 0.3 is 0 Å². The van der Waals surface area contributed by atoms with Gasteiger partial charge in [-0.1, -0.05) is 20.8 Å². The predicted octanol–water partition coefficient (Wildman–Crippen LogP) is 4.32. The maximum atomic E-state index is 6.05. The van der Waals surface area contributed by atoms with Gasteiger partial charge in [-0.3, -0.25) is 0 Å². The minimum Gasteiger partial charge on any atom is -0.493 e. The number of hydrogen-bond acceptors (Lipinski definition) is 3. The molecule has 0 saturated carbocycles. The van der Waals surface area contributed by atoms with Gasteiger partial charge in [0.1, 0.15) is 5.75 Å². The largest absolute Gasteiger partial charge is 0.493 e. The topological polar surface area (TPSA) is 38.5 Å². The molecule has 1 aromatic rings. The first kappa shape index (κ1) is 16.0. The van der Waals surface area contributed by atoms with E-state index in [9.17, 15) is 0 Å². The molecule has 2 rings (SSSR count). The fourth-order valence-electron chi connectivity index (χ4n) is 3.14. The van der Waals surface area contributed by atoms with Crippen molar-refractivity contribution in [1.29, 1.82) is 0 Å². The standard InChI is InChI=1S/C18H30N2O/c1-4-10-21-18-12-16(19)11-17(13-18)20-8-5-6-15(7-9-20)14(2)3/h11-15H,4-10,19H2,1-3H3. The van der Waals surface area contributed by atoms with Crippen molar-refractivity contribution in [2.75, 3.05) is 30.3 Å². The van der Waals surface area contributed by atoms with Crippen molar-refractivity contribution in [3.8, 4) is 5.75 Å². The summed E-state index contributed by atoms with van der Waals surface area (Å²) in [5, 5.41) is 0. The average Bonchev–Trinajstić information content (AvgIpc) is 2.70. The van der Waals surface area contributed by atoms with Crippen LogP contribution < -0.4 is 15.4 Å². The number of nitrogens with two attached hydrogens (primary N) is 1. The Bertz CT molecular complexity index is 445. The lowest BCUT2D eigenvalue weighted by molar-refractivity contribution is 0.317. The maximum Gasteiger partial charge on any atom is 0.123 e. The lowest BCUT2D eigenvalue weighted by Crippen LogP contribution is -2.24. The molecule has 0 amide bonds. The Balaban J connectivity index is 2.08. The minimum absolute atomic E-state index is 0.748. The van der Waals surface area contributed by atoms with Gasteiger partial charge in [0.25, 0.3) is 0 Å². The van der Waals surface area contributed by atoms with Crippen molar-refractivity contribution in [1.82, 2.24) is 0 Å². The molecule has 0 bridgehead atoms. The lowest BCUT2D eigenvalue weighted by atomic mass is 9.89. The highest BCUT2D eigenvalue weighted by Gasteiger charge is 2.20. The molecule has 1 saturated heterocycles. The molecule has 0 spiro atoms. The molecule has 1 unspecified atom stereocenters. The molecule has 2 N–H and O–H groups in total. The average molecular weight is 290 g/mol. The van der Waals surface area contributed by atoms with Crippen LogP contribution in [0.1, 0.15) is 46.5 Å². The monoisotopic (exact) mass is 290 g/mol. The summed E-state index contributed by atoms with van der Waals surface area (Å²) >= 11 is 0. The van der Waals surface area contributed by atoms with Crippen LogP contribution in [0.25, 0.3) is 0 Å².